The molecule has 126 valence electrons. The molecule has 0 aliphatic carbocycles. The van der Waals surface area contributed by atoms with Crippen LogP contribution in [0, 0.1) is 30.1 Å². The number of rotatable bonds is 3. The van der Waals surface area contributed by atoms with Gasteiger partial charge in [0, 0.05) is 13.1 Å². The predicted molar refractivity (Wildman–Crippen MR) is 99.0 cm³/mol. The molecule has 0 bridgehead atoms. The molecule has 1 aromatic carbocycles. The fraction of sp³-hybridized carbons (Fsp3) is 0.450. The minimum absolute atomic E-state index is 0.634. The van der Waals surface area contributed by atoms with Crippen molar-refractivity contribution in [2.75, 3.05) is 23.7 Å². The van der Waals surface area contributed by atoms with Crippen molar-refractivity contribution in [2.45, 2.75) is 33.7 Å². The van der Waals surface area contributed by atoms with Crippen molar-refractivity contribution in [1.29, 1.82) is 5.26 Å². The molecule has 0 spiro atoms. The maximum atomic E-state index is 9.55. The van der Waals surface area contributed by atoms with Gasteiger partial charge >= 0.3 is 0 Å². The van der Waals surface area contributed by atoms with E-state index in [1.807, 2.05) is 6.07 Å². The SMILES string of the molecule is Cc1cccc(Cn2c(C#N)cc(N)c2N2CC(C)CC(C)C2)c1. The van der Waals surface area contributed by atoms with E-state index in [1.54, 1.807) is 0 Å². The summed E-state index contributed by atoms with van der Waals surface area (Å²) in [5, 5.41) is 9.55. The number of benzene rings is 1. The molecule has 1 fully saturated rings. The number of nitrogen functional groups attached to an aromatic ring is 1. The first-order valence-electron chi connectivity index (χ1n) is 8.67. The van der Waals surface area contributed by atoms with Crippen molar-refractivity contribution in [3.05, 3.63) is 47.2 Å². The third kappa shape index (κ3) is 3.26. The summed E-state index contributed by atoms with van der Waals surface area (Å²) < 4.78 is 2.08. The molecule has 4 heteroatoms. The molecule has 2 heterocycles. The van der Waals surface area contributed by atoms with Gasteiger partial charge in [-0.2, -0.15) is 5.26 Å². The summed E-state index contributed by atoms with van der Waals surface area (Å²) in [6.45, 7) is 9.34. The minimum Gasteiger partial charge on any atom is -0.396 e. The lowest BCUT2D eigenvalue weighted by Crippen LogP contribution is -2.40. The van der Waals surface area contributed by atoms with Crippen LogP contribution in [0.3, 0.4) is 0 Å². The van der Waals surface area contributed by atoms with Crippen molar-refractivity contribution in [3.63, 3.8) is 0 Å². The number of aryl methyl sites for hydroxylation is 1. The topological polar surface area (TPSA) is 58.0 Å². The highest BCUT2D eigenvalue weighted by Gasteiger charge is 2.27. The summed E-state index contributed by atoms with van der Waals surface area (Å²) in [5.41, 5.74) is 10.1. The van der Waals surface area contributed by atoms with E-state index in [2.05, 4.69) is 60.6 Å². The molecule has 2 atom stereocenters. The van der Waals surface area contributed by atoms with E-state index in [9.17, 15) is 5.26 Å². The summed E-state index contributed by atoms with van der Waals surface area (Å²) >= 11 is 0. The first kappa shape index (κ1) is 16.4. The van der Waals surface area contributed by atoms with Crippen molar-refractivity contribution in [1.82, 2.24) is 4.57 Å². The van der Waals surface area contributed by atoms with Crippen LogP contribution in [0.15, 0.2) is 30.3 Å². The third-order valence-electron chi connectivity index (χ3n) is 4.80. The van der Waals surface area contributed by atoms with E-state index in [0.29, 0.717) is 29.8 Å². The summed E-state index contributed by atoms with van der Waals surface area (Å²) in [7, 11) is 0. The fourth-order valence-electron chi connectivity index (χ4n) is 3.99. The maximum absolute atomic E-state index is 9.55. The fourth-order valence-corrected chi connectivity index (χ4v) is 3.99. The Bertz CT molecular complexity index is 758. The van der Waals surface area contributed by atoms with Gasteiger partial charge in [-0.1, -0.05) is 43.7 Å². The van der Waals surface area contributed by atoms with Crippen molar-refractivity contribution in [2.24, 2.45) is 11.8 Å². The Hall–Kier alpha value is -2.41. The zero-order valence-electron chi connectivity index (χ0n) is 14.8. The van der Waals surface area contributed by atoms with Crippen LogP contribution >= 0.6 is 0 Å². The summed E-state index contributed by atoms with van der Waals surface area (Å²) in [6.07, 6.45) is 1.25. The Kier molecular flexibility index (Phi) is 4.53. The van der Waals surface area contributed by atoms with Gasteiger partial charge in [-0.25, -0.2) is 0 Å². The lowest BCUT2D eigenvalue weighted by atomic mass is 9.92. The number of hydrogen-bond acceptors (Lipinski definition) is 3. The molecule has 0 amide bonds. The van der Waals surface area contributed by atoms with Crippen molar-refractivity contribution < 1.29 is 0 Å². The van der Waals surface area contributed by atoms with Crippen LogP contribution in [0.2, 0.25) is 0 Å². The predicted octanol–water partition coefficient (Wildman–Crippen LogP) is 3.78. The molecule has 3 rings (SSSR count). The number of hydrogen-bond donors (Lipinski definition) is 1. The van der Waals surface area contributed by atoms with Gasteiger partial charge in [0.25, 0.3) is 0 Å². The lowest BCUT2D eigenvalue weighted by molar-refractivity contribution is 0.353. The molecule has 1 aromatic heterocycles. The van der Waals surface area contributed by atoms with Gasteiger partial charge in [0.2, 0.25) is 0 Å². The molecule has 0 saturated carbocycles. The molecule has 2 aromatic rings. The van der Waals surface area contributed by atoms with E-state index in [0.717, 1.165) is 18.9 Å². The Balaban J connectivity index is 2.00. The van der Waals surface area contributed by atoms with Gasteiger partial charge < -0.3 is 15.2 Å². The highest BCUT2D eigenvalue weighted by atomic mass is 15.3. The average molecular weight is 322 g/mol. The number of nitriles is 1. The standard InChI is InChI=1S/C20H26N4/c1-14-5-4-6-17(8-14)13-24-18(10-21)9-19(22)20(24)23-11-15(2)7-16(3)12-23/h4-6,8-9,15-16H,7,11-13,22H2,1-3H3. The van der Waals surface area contributed by atoms with Gasteiger partial charge in [0.15, 0.2) is 0 Å². The van der Waals surface area contributed by atoms with E-state index in [1.165, 1.54) is 17.5 Å². The smallest absolute Gasteiger partial charge is 0.133 e. The lowest BCUT2D eigenvalue weighted by Gasteiger charge is -2.37. The minimum atomic E-state index is 0.634. The van der Waals surface area contributed by atoms with Crippen LogP contribution in [0.25, 0.3) is 0 Å². The molecule has 1 aliphatic rings. The first-order chi connectivity index (χ1) is 11.5. The van der Waals surface area contributed by atoms with Gasteiger partial charge in [-0.05, 0) is 36.8 Å². The quantitative estimate of drug-likeness (QED) is 0.935. The molecular weight excluding hydrogens is 296 g/mol. The molecule has 2 N–H and O–H groups in total. The van der Waals surface area contributed by atoms with E-state index >= 15 is 0 Å². The zero-order chi connectivity index (χ0) is 17.3. The molecular formula is C20H26N4. The molecule has 24 heavy (non-hydrogen) atoms. The van der Waals surface area contributed by atoms with Crippen LogP contribution in [0.4, 0.5) is 11.5 Å². The normalized spacial score (nSPS) is 20.8. The van der Waals surface area contributed by atoms with E-state index in [4.69, 9.17) is 5.73 Å². The second-order valence-electron chi connectivity index (χ2n) is 7.35. The second kappa shape index (κ2) is 6.60. The number of nitrogens with two attached hydrogens (primary N) is 1. The number of piperidine rings is 1. The number of anilines is 2. The van der Waals surface area contributed by atoms with Crippen LogP contribution in [-0.4, -0.2) is 17.7 Å². The molecule has 2 unspecified atom stereocenters. The van der Waals surface area contributed by atoms with Crippen LogP contribution < -0.4 is 10.6 Å². The highest BCUT2D eigenvalue weighted by molar-refractivity contribution is 5.68. The van der Waals surface area contributed by atoms with E-state index < -0.39 is 0 Å². The number of nitrogens with zero attached hydrogens (tertiary/aromatic N) is 3. The van der Waals surface area contributed by atoms with E-state index in [-0.39, 0.29) is 0 Å². The zero-order valence-corrected chi connectivity index (χ0v) is 14.8. The van der Waals surface area contributed by atoms with Crippen molar-refractivity contribution in [3.8, 4) is 6.07 Å². The molecule has 1 aliphatic heterocycles. The third-order valence-corrected chi connectivity index (χ3v) is 4.80. The Morgan fingerprint density at radius 3 is 2.54 bits per heavy atom. The van der Waals surface area contributed by atoms with Crippen LogP contribution in [-0.2, 0) is 6.54 Å². The molecule has 4 nitrogen and oxygen atoms in total. The van der Waals surface area contributed by atoms with Gasteiger partial charge in [0.1, 0.15) is 17.6 Å². The summed E-state index contributed by atoms with van der Waals surface area (Å²) in [5.74, 6) is 2.29. The summed E-state index contributed by atoms with van der Waals surface area (Å²) in [4.78, 5) is 2.37. The van der Waals surface area contributed by atoms with Gasteiger partial charge in [0.05, 0.1) is 12.2 Å². The first-order valence-corrected chi connectivity index (χ1v) is 8.67. The van der Waals surface area contributed by atoms with Crippen LogP contribution in [0.1, 0.15) is 37.1 Å². The van der Waals surface area contributed by atoms with Crippen LogP contribution in [0.5, 0.6) is 0 Å². The van der Waals surface area contributed by atoms with Gasteiger partial charge in [-0.15, -0.1) is 0 Å². The Morgan fingerprint density at radius 2 is 1.92 bits per heavy atom. The molecule has 1 saturated heterocycles. The largest absolute Gasteiger partial charge is 0.396 e. The Labute approximate surface area is 144 Å². The van der Waals surface area contributed by atoms with Gasteiger partial charge in [-0.3, -0.25) is 0 Å². The summed E-state index contributed by atoms with van der Waals surface area (Å²) in [6, 6.07) is 12.6. The van der Waals surface area contributed by atoms with Crippen molar-refractivity contribution >= 4 is 11.5 Å². The number of aromatic nitrogens is 1. The second-order valence-corrected chi connectivity index (χ2v) is 7.35. The monoisotopic (exact) mass is 322 g/mol. The highest BCUT2D eigenvalue weighted by Crippen LogP contribution is 2.33. The molecule has 0 radical (unpaired) electrons. The Morgan fingerprint density at radius 1 is 1.21 bits per heavy atom. The average Bonchev–Trinajstić information content (AvgIpc) is 2.82. The maximum Gasteiger partial charge on any atom is 0.133 e.